The van der Waals surface area contributed by atoms with Crippen LogP contribution in [0.25, 0.3) is 0 Å². The van der Waals surface area contributed by atoms with Crippen LogP contribution >= 0.6 is 11.6 Å². The topological polar surface area (TPSA) is 52.3 Å². The summed E-state index contributed by atoms with van der Waals surface area (Å²) in [6, 6.07) is 5.32. The summed E-state index contributed by atoms with van der Waals surface area (Å²) in [4.78, 5) is 0. The number of hydrogen-bond acceptors (Lipinski definition) is 3. The Bertz CT molecular complexity index is 419. The van der Waals surface area contributed by atoms with Crippen LogP contribution in [0.4, 0.5) is 5.69 Å². The van der Waals surface area contributed by atoms with Crippen molar-refractivity contribution in [3.05, 3.63) is 28.8 Å². The smallest absolute Gasteiger partial charge is 0.0504 e. The highest BCUT2D eigenvalue weighted by Crippen LogP contribution is 2.23. The normalized spacial score (nSPS) is 19.1. The maximum absolute atomic E-state index is 12.2. The van der Waals surface area contributed by atoms with E-state index in [9.17, 15) is 4.21 Å². The summed E-state index contributed by atoms with van der Waals surface area (Å²) in [5.41, 5.74) is 7.24. The maximum Gasteiger partial charge on any atom is 0.0504 e. The Morgan fingerprint density at radius 2 is 2.12 bits per heavy atom. The van der Waals surface area contributed by atoms with Gasteiger partial charge in [-0.05, 0) is 36.6 Å². The number of rotatable bonds is 3. The molecule has 1 heterocycles. The lowest BCUT2D eigenvalue weighted by molar-refractivity contribution is 0.0992. The SMILES string of the molecule is Nc1ccc(Cl)c(CS(=O)C2CCOCC2)c1. The minimum absolute atomic E-state index is 0.223. The van der Waals surface area contributed by atoms with Crippen LogP contribution in [-0.4, -0.2) is 22.7 Å². The maximum atomic E-state index is 12.2. The number of nitrogens with two attached hydrogens (primary N) is 1. The Kier molecular flexibility index (Phi) is 4.42. The molecule has 0 amide bonds. The van der Waals surface area contributed by atoms with Crippen LogP contribution in [0.5, 0.6) is 0 Å². The van der Waals surface area contributed by atoms with Crippen molar-refractivity contribution in [2.24, 2.45) is 0 Å². The number of ether oxygens (including phenoxy) is 1. The van der Waals surface area contributed by atoms with Crippen LogP contribution in [0, 0.1) is 0 Å². The van der Waals surface area contributed by atoms with E-state index in [4.69, 9.17) is 22.1 Å². The molecule has 0 aliphatic carbocycles. The van der Waals surface area contributed by atoms with Gasteiger partial charge in [0.15, 0.2) is 0 Å². The lowest BCUT2D eigenvalue weighted by atomic mass is 10.2. The molecule has 2 rings (SSSR count). The van der Waals surface area contributed by atoms with E-state index in [1.807, 2.05) is 0 Å². The Hall–Kier alpha value is -0.580. The van der Waals surface area contributed by atoms with Crippen LogP contribution in [0.3, 0.4) is 0 Å². The Labute approximate surface area is 109 Å². The molecule has 0 radical (unpaired) electrons. The molecular weight excluding hydrogens is 258 g/mol. The molecule has 0 bridgehead atoms. The fraction of sp³-hybridized carbons (Fsp3) is 0.500. The summed E-state index contributed by atoms with van der Waals surface area (Å²) in [5.74, 6) is 0.481. The van der Waals surface area contributed by atoms with Gasteiger partial charge in [-0.25, -0.2) is 0 Å². The fourth-order valence-electron chi connectivity index (χ4n) is 1.92. The van der Waals surface area contributed by atoms with Crippen LogP contribution in [0.2, 0.25) is 5.02 Å². The first-order chi connectivity index (χ1) is 8.16. The third-order valence-electron chi connectivity index (χ3n) is 2.91. The molecule has 1 aliphatic rings. The molecule has 1 aromatic rings. The van der Waals surface area contributed by atoms with Gasteiger partial charge in [0.05, 0.1) is 5.75 Å². The second kappa shape index (κ2) is 5.85. The van der Waals surface area contributed by atoms with Crippen LogP contribution in [0.1, 0.15) is 18.4 Å². The Morgan fingerprint density at radius 1 is 1.41 bits per heavy atom. The summed E-state index contributed by atoms with van der Waals surface area (Å²) in [6.45, 7) is 1.42. The van der Waals surface area contributed by atoms with Gasteiger partial charge in [-0.3, -0.25) is 4.21 Å². The first-order valence-corrected chi connectivity index (χ1v) is 7.41. The molecule has 1 atom stereocenters. The van der Waals surface area contributed by atoms with Gasteiger partial charge in [-0.1, -0.05) is 11.6 Å². The third kappa shape index (κ3) is 3.44. The van der Waals surface area contributed by atoms with Gasteiger partial charge in [-0.15, -0.1) is 0 Å². The van der Waals surface area contributed by atoms with Gasteiger partial charge < -0.3 is 10.5 Å². The summed E-state index contributed by atoms with van der Waals surface area (Å²) in [6.07, 6.45) is 1.74. The van der Waals surface area contributed by atoms with Crippen molar-refractivity contribution < 1.29 is 8.95 Å². The van der Waals surface area contributed by atoms with E-state index in [2.05, 4.69) is 0 Å². The Balaban J connectivity index is 2.04. The van der Waals surface area contributed by atoms with Gasteiger partial charge in [0.2, 0.25) is 0 Å². The molecule has 1 aromatic carbocycles. The predicted molar refractivity (Wildman–Crippen MR) is 71.6 cm³/mol. The van der Waals surface area contributed by atoms with E-state index in [0.717, 1.165) is 18.4 Å². The molecular formula is C12H16ClNO2S. The summed E-state index contributed by atoms with van der Waals surface area (Å²) < 4.78 is 17.4. The molecule has 1 fully saturated rings. The monoisotopic (exact) mass is 273 g/mol. The van der Waals surface area contributed by atoms with Crippen LogP contribution in [-0.2, 0) is 21.3 Å². The molecule has 1 aliphatic heterocycles. The highest BCUT2D eigenvalue weighted by atomic mass is 35.5. The van der Waals surface area contributed by atoms with Crippen molar-refractivity contribution in [1.29, 1.82) is 0 Å². The highest BCUT2D eigenvalue weighted by molar-refractivity contribution is 7.84. The van der Waals surface area contributed by atoms with Crippen molar-refractivity contribution in [1.82, 2.24) is 0 Å². The average molecular weight is 274 g/mol. The van der Waals surface area contributed by atoms with E-state index in [-0.39, 0.29) is 5.25 Å². The van der Waals surface area contributed by atoms with E-state index >= 15 is 0 Å². The molecule has 1 saturated heterocycles. The van der Waals surface area contributed by atoms with Gasteiger partial charge in [0.1, 0.15) is 0 Å². The first kappa shape index (κ1) is 12.9. The van der Waals surface area contributed by atoms with Crippen molar-refractivity contribution in [3.63, 3.8) is 0 Å². The van der Waals surface area contributed by atoms with Gasteiger partial charge in [0, 0.05) is 40.0 Å². The predicted octanol–water partition coefficient (Wildman–Crippen LogP) is 2.35. The lowest BCUT2D eigenvalue weighted by Crippen LogP contribution is -2.25. The summed E-state index contributed by atoms with van der Waals surface area (Å²) >= 11 is 6.06. The quantitative estimate of drug-likeness (QED) is 0.860. The molecule has 3 nitrogen and oxygen atoms in total. The van der Waals surface area contributed by atoms with Crippen molar-refractivity contribution in [2.45, 2.75) is 23.8 Å². The number of benzene rings is 1. The largest absolute Gasteiger partial charge is 0.399 e. The van der Waals surface area contributed by atoms with E-state index < -0.39 is 10.8 Å². The van der Waals surface area contributed by atoms with Crippen molar-refractivity contribution >= 4 is 28.1 Å². The lowest BCUT2D eigenvalue weighted by Gasteiger charge is -2.21. The van der Waals surface area contributed by atoms with Crippen LogP contribution < -0.4 is 5.73 Å². The second-order valence-corrected chi connectivity index (χ2v) is 6.31. The third-order valence-corrected chi connectivity index (χ3v) is 5.09. The van der Waals surface area contributed by atoms with Crippen molar-refractivity contribution in [3.8, 4) is 0 Å². The molecule has 0 saturated carbocycles. The molecule has 0 spiro atoms. The first-order valence-electron chi connectivity index (χ1n) is 5.65. The molecule has 94 valence electrons. The molecule has 0 aromatic heterocycles. The zero-order valence-electron chi connectivity index (χ0n) is 9.52. The molecule has 5 heteroatoms. The number of nitrogen functional groups attached to an aromatic ring is 1. The fourth-order valence-corrected chi connectivity index (χ4v) is 3.68. The molecule has 2 N–H and O–H groups in total. The second-order valence-electron chi connectivity index (χ2n) is 4.19. The van der Waals surface area contributed by atoms with Gasteiger partial charge in [0.25, 0.3) is 0 Å². The standard InChI is InChI=1S/C12H16ClNO2S/c13-12-2-1-10(14)7-9(12)8-17(15)11-3-5-16-6-4-11/h1-2,7,11H,3-6,8,14H2. The highest BCUT2D eigenvalue weighted by Gasteiger charge is 2.20. The molecule has 17 heavy (non-hydrogen) atoms. The number of hydrogen-bond donors (Lipinski definition) is 1. The zero-order valence-corrected chi connectivity index (χ0v) is 11.1. The van der Waals surface area contributed by atoms with E-state index in [1.54, 1.807) is 18.2 Å². The number of anilines is 1. The van der Waals surface area contributed by atoms with Crippen LogP contribution in [0.15, 0.2) is 18.2 Å². The van der Waals surface area contributed by atoms with Gasteiger partial charge >= 0.3 is 0 Å². The number of halogens is 1. The molecule has 1 unspecified atom stereocenters. The minimum Gasteiger partial charge on any atom is -0.399 e. The van der Waals surface area contributed by atoms with E-state index in [0.29, 0.717) is 29.7 Å². The Morgan fingerprint density at radius 3 is 2.82 bits per heavy atom. The average Bonchev–Trinajstić information content (AvgIpc) is 2.35. The van der Waals surface area contributed by atoms with E-state index in [1.165, 1.54) is 0 Å². The zero-order chi connectivity index (χ0) is 12.3. The summed E-state index contributed by atoms with van der Waals surface area (Å²) in [7, 11) is -0.896. The summed E-state index contributed by atoms with van der Waals surface area (Å²) in [5, 5.41) is 0.862. The minimum atomic E-state index is -0.896. The van der Waals surface area contributed by atoms with Gasteiger partial charge in [-0.2, -0.15) is 0 Å². The van der Waals surface area contributed by atoms with Crippen molar-refractivity contribution in [2.75, 3.05) is 18.9 Å².